The van der Waals surface area contributed by atoms with Crippen LogP contribution in [-0.2, 0) is 21.2 Å². The third-order valence-corrected chi connectivity index (χ3v) is 6.79. The highest BCUT2D eigenvalue weighted by atomic mass is 32.2. The quantitative estimate of drug-likeness (QED) is 0.427. The molecule has 0 aliphatic heterocycles. The summed E-state index contributed by atoms with van der Waals surface area (Å²) >= 11 is 1.54. The van der Waals surface area contributed by atoms with Crippen molar-refractivity contribution in [2.24, 2.45) is 0 Å². The van der Waals surface area contributed by atoms with Crippen LogP contribution in [0.1, 0.15) is 24.7 Å². The summed E-state index contributed by atoms with van der Waals surface area (Å²) in [6, 6.07) is 10.9. The van der Waals surface area contributed by atoms with Crippen LogP contribution in [0.15, 0.2) is 42.5 Å². The Labute approximate surface area is 185 Å². The fraction of sp³-hybridized carbons (Fsp3) is 0.333. The average Bonchev–Trinajstić information content (AvgIpc) is 3.14. The second-order valence-electron chi connectivity index (χ2n) is 7.03. The van der Waals surface area contributed by atoms with Gasteiger partial charge in [0.25, 0.3) is 0 Å². The van der Waals surface area contributed by atoms with Crippen LogP contribution in [0.2, 0.25) is 0 Å². The Morgan fingerprint density at radius 1 is 1.26 bits per heavy atom. The lowest BCUT2D eigenvalue weighted by molar-refractivity contribution is -0.117. The zero-order valence-electron chi connectivity index (χ0n) is 17.3. The highest BCUT2D eigenvalue weighted by molar-refractivity contribution is 7.98. The predicted octanol–water partition coefficient (Wildman–Crippen LogP) is 3.29. The number of sulfonamides is 1. The molecule has 0 saturated carbocycles. The van der Waals surface area contributed by atoms with Gasteiger partial charge in [-0.3, -0.25) is 4.79 Å². The smallest absolute Gasteiger partial charge is 0.242 e. The fourth-order valence-electron chi connectivity index (χ4n) is 3.05. The number of fused-ring (bicyclic) bond motifs is 1. The maximum Gasteiger partial charge on any atom is 0.242 e. The molecular formula is C21H25FN4O3S2. The number of rotatable bonds is 10. The summed E-state index contributed by atoms with van der Waals surface area (Å²) in [6.45, 7) is 1.52. The number of halogens is 1. The molecule has 3 N–H and O–H groups in total. The number of H-pyrrole nitrogens is 1. The standard InChI is InChI=1S/C21H25FN4O3S2/c1-3-31(28,29)26-18(10-11-30-2)21(27)23-15-8-9-17-19(13-15)25-20(24-17)12-14-6-4-5-7-16(14)22/h4-9,13,18,26H,3,10-12H2,1-2H3,(H,23,27)(H,24,25). The Kier molecular flexibility index (Phi) is 7.69. The van der Waals surface area contributed by atoms with Crippen molar-refractivity contribution < 1.29 is 17.6 Å². The number of nitrogens with zero attached hydrogens (tertiary/aromatic N) is 1. The van der Waals surface area contributed by atoms with Crippen molar-refractivity contribution in [1.29, 1.82) is 0 Å². The largest absolute Gasteiger partial charge is 0.342 e. The first-order valence-electron chi connectivity index (χ1n) is 9.83. The number of aromatic nitrogens is 2. The normalized spacial score (nSPS) is 12.7. The summed E-state index contributed by atoms with van der Waals surface area (Å²) < 4.78 is 40.3. The lowest BCUT2D eigenvalue weighted by atomic mass is 10.1. The summed E-state index contributed by atoms with van der Waals surface area (Å²) in [5.74, 6) is 0.444. The van der Waals surface area contributed by atoms with Gasteiger partial charge in [0.1, 0.15) is 17.7 Å². The molecule has 31 heavy (non-hydrogen) atoms. The van der Waals surface area contributed by atoms with Crippen LogP contribution in [0.3, 0.4) is 0 Å². The summed E-state index contributed by atoms with van der Waals surface area (Å²) in [5, 5.41) is 2.77. The summed E-state index contributed by atoms with van der Waals surface area (Å²) in [7, 11) is -3.52. The van der Waals surface area contributed by atoms with Crippen molar-refractivity contribution in [2.75, 3.05) is 23.1 Å². The van der Waals surface area contributed by atoms with Crippen LogP contribution >= 0.6 is 11.8 Å². The Morgan fingerprint density at radius 3 is 2.74 bits per heavy atom. The van der Waals surface area contributed by atoms with Crippen molar-refractivity contribution in [1.82, 2.24) is 14.7 Å². The van der Waals surface area contributed by atoms with Gasteiger partial charge in [-0.2, -0.15) is 11.8 Å². The van der Waals surface area contributed by atoms with E-state index < -0.39 is 22.0 Å². The van der Waals surface area contributed by atoms with Gasteiger partial charge in [-0.05, 0) is 55.2 Å². The summed E-state index contributed by atoms with van der Waals surface area (Å²) in [5.41, 5.74) is 2.44. The molecule has 1 amide bonds. The molecule has 0 spiro atoms. The Balaban J connectivity index is 1.75. The maximum atomic E-state index is 13.9. The zero-order valence-corrected chi connectivity index (χ0v) is 18.9. The minimum absolute atomic E-state index is 0.0963. The maximum absolute atomic E-state index is 13.9. The van der Waals surface area contributed by atoms with E-state index in [-0.39, 0.29) is 11.6 Å². The van der Waals surface area contributed by atoms with E-state index >= 15 is 0 Å². The molecule has 0 radical (unpaired) electrons. The van der Waals surface area contributed by atoms with E-state index in [0.717, 1.165) is 0 Å². The lowest BCUT2D eigenvalue weighted by Crippen LogP contribution is -2.44. The fourth-order valence-corrected chi connectivity index (χ4v) is 4.35. The van der Waals surface area contributed by atoms with Gasteiger partial charge in [0, 0.05) is 12.1 Å². The van der Waals surface area contributed by atoms with Crippen LogP contribution < -0.4 is 10.0 Å². The number of carbonyl (C=O) groups excluding carboxylic acids is 1. The van der Waals surface area contributed by atoms with Gasteiger partial charge in [0.05, 0.1) is 16.8 Å². The number of hydrogen-bond donors (Lipinski definition) is 3. The van der Waals surface area contributed by atoms with Gasteiger partial charge in [-0.15, -0.1) is 0 Å². The molecule has 7 nitrogen and oxygen atoms in total. The molecule has 1 unspecified atom stereocenters. The number of thioether (sulfide) groups is 1. The van der Waals surface area contributed by atoms with E-state index in [2.05, 4.69) is 20.0 Å². The third-order valence-electron chi connectivity index (χ3n) is 4.74. The SMILES string of the molecule is CCS(=O)(=O)NC(CCSC)C(=O)Nc1ccc2nc(Cc3ccccc3F)[nH]c2c1. The highest BCUT2D eigenvalue weighted by Gasteiger charge is 2.23. The molecule has 1 atom stereocenters. The van der Waals surface area contributed by atoms with Gasteiger partial charge in [-0.1, -0.05) is 18.2 Å². The summed E-state index contributed by atoms with van der Waals surface area (Å²) in [6.07, 6.45) is 2.60. The van der Waals surface area contributed by atoms with Crippen molar-refractivity contribution >= 4 is 44.4 Å². The van der Waals surface area contributed by atoms with Crippen LogP contribution in [0.5, 0.6) is 0 Å². The molecule has 0 saturated heterocycles. The number of aromatic amines is 1. The minimum Gasteiger partial charge on any atom is -0.342 e. The van der Waals surface area contributed by atoms with E-state index in [9.17, 15) is 17.6 Å². The second kappa shape index (κ2) is 10.3. The number of anilines is 1. The molecule has 2 aromatic carbocycles. The molecule has 10 heteroatoms. The molecule has 0 aliphatic rings. The monoisotopic (exact) mass is 464 g/mol. The van der Waals surface area contributed by atoms with E-state index in [4.69, 9.17) is 0 Å². The van der Waals surface area contributed by atoms with Crippen molar-refractivity contribution in [2.45, 2.75) is 25.8 Å². The first-order valence-corrected chi connectivity index (χ1v) is 12.9. The summed E-state index contributed by atoms with van der Waals surface area (Å²) in [4.78, 5) is 20.3. The Morgan fingerprint density at radius 2 is 2.03 bits per heavy atom. The molecule has 3 rings (SSSR count). The van der Waals surface area contributed by atoms with Gasteiger partial charge >= 0.3 is 0 Å². The number of nitrogens with one attached hydrogen (secondary N) is 3. The van der Waals surface area contributed by atoms with E-state index in [1.54, 1.807) is 36.4 Å². The van der Waals surface area contributed by atoms with Crippen molar-refractivity contribution in [3.8, 4) is 0 Å². The van der Waals surface area contributed by atoms with Gasteiger partial charge in [-0.25, -0.2) is 22.5 Å². The van der Waals surface area contributed by atoms with Gasteiger partial charge in [0.15, 0.2) is 0 Å². The topological polar surface area (TPSA) is 104 Å². The number of benzene rings is 2. The molecule has 0 fully saturated rings. The number of amides is 1. The van der Waals surface area contributed by atoms with E-state index in [1.165, 1.54) is 24.8 Å². The first kappa shape index (κ1) is 23.2. The highest BCUT2D eigenvalue weighted by Crippen LogP contribution is 2.20. The second-order valence-corrected chi connectivity index (χ2v) is 10.1. The van der Waals surface area contributed by atoms with Gasteiger partial charge < -0.3 is 10.3 Å². The van der Waals surface area contributed by atoms with Gasteiger partial charge in [0.2, 0.25) is 15.9 Å². The number of carbonyl (C=O) groups is 1. The molecule has 166 valence electrons. The van der Waals surface area contributed by atoms with Crippen molar-refractivity contribution in [3.05, 3.63) is 59.7 Å². The van der Waals surface area contributed by atoms with Crippen LogP contribution in [0, 0.1) is 5.82 Å². The molecule has 0 aliphatic carbocycles. The van der Waals surface area contributed by atoms with E-state index in [0.29, 0.717) is 46.7 Å². The third kappa shape index (κ3) is 6.28. The Hall–Kier alpha value is -2.43. The molecule has 1 aromatic heterocycles. The Bertz CT molecular complexity index is 1160. The minimum atomic E-state index is -3.52. The average molecular weight is 465 g/mol. The molecule has 0 bridgehead atoms. The number of imidazole rings is 1. The van der Waals surface area contributed by atoms with Crippen molar-refractivity contribution in [3.63, 3.8) is 0 Å². The number of hydrogen-bond acceptors (Lipinski definition) is 5. The van der Waals surface area contributed by atoms with Crippen LogP contribution in [-0.4, -0.2) is 48.1 Å². The van der Waals surface area contributed by atoms with E-state index in [1.807, 2.05) is 6.26 Å². The first-order chi connectivity index (χ1) is 14.8. The zero-order chi connectivity index (χ0) is 22.4. The molecular weight excluding hydrogens is 439 g/mol. The predicted molar refractivity (Wildman–Crippen MR) is 123 cm³/mol. The van der Waals surface area contributed by atoms with Crippen LogP contribution in [0.4, 0.5) is 10.1 Å². The van der Waals surface area contributed by atoms with Crippen LogP contribution in [0.25, 0.3) is 11.0 Å². The molecule has 3 aromatic rings. The molecule has 1 heterocycles. The lowest BCUT2D eigenvalue weighted by Gasteiger charge is -2.17.